The number of para-hydroxylation sites is 2. The van der Waals surface area contributed by atoms with Gasteiger partial charge in [0.05, 0.1) is 34.5 Å². The van der Waals surface area contributed by atoms with Gasteiger partial charge in [0.25, 0.3) is 0 Å². The van der Waals surface area contributed by atoms with Crippen molar-refractivity contribution in [2.75, 3.05) is 9.80 Å². The second-order valence-electron chi connectivity index (χ2n) is 12.2. The Labute approximate surface area is 252 Å². The van der Waals surface area contributed by atoms with Crippen molar-refractivity contribution in [3.05, 3.63) is 95.8 Å². The van der Waals surface area contributed by atoms with Gasteiger partial charge in [-0.15, -0.1) is 0 Å². The molecule has 2 saturated heterocycles. The lowest BCUT2D eigenvalue weighted by Crippen LogP contribution is -2.49. The van der Waals surface area contributed by atoms with E-state index in [0.29, 0.717) is 11.3 Å². The summed E-state index contributed by atoms with van der Waals surface area (Å²) in [6, 6.07) is 18.5. The number of anilines is 2. The number of carbonyl (C=O) groups is 4. The Morgan fingerprint density at radius 1 is 0.841 bits per heavy atom. The number of carbonyl (C=O) groups excluding carboxylic acids is 4. The topological polar surface area (TPSA) is 135 Å². The molecule has 2 heterocycles. The minimum atomic E-state index is -1.80. The number of nitrogens with zero attached hydrogens (tertiary/aromatic N) is 2. The fraction of sp³-hybridized carbons (Fsp3) is 0.273. The number of aromatic hydroxyl groups is 1. The molecule has 2 aliphatic heterocycles. The Bertz CT molecular complexity index is 1780. The molecule has 6 atom stereocenters. The van der Waals surface area contributed by atoms with Gasteiger partial charge in [0.15, 0.2) is 11.6 Å². The lowest BCUT2D eigenvalue weighted by molar-refractivity contribution is -0.131. The summed E-state index contributed by atoms with van der Waals surface area (Å²) in [4.78, 5) is 58.5. The molecular weight excluding hydrogens is 566 g/mol. The maximum absolute atomic E-state index is 14.8. The first-order valence-electron chi connectivity index (χ1n) is 14.5. The fourth-order valence-electron chi connectivity index (χ4n) is 8.03. The third-order valence-corrected chi connectivity index (χ3v) is 10.0. The SMILES string of the molecule is C[C@@]12C(=O)N(c3ccccc3)C(=O)[C@@H]1C[C@@H]1C(=CC[C@@H]3C(=O)N(c4cccc(B(O)O)c4)C(=O)[C@@H]31)[C@@H]2c1cccc(F)c1O. The van der Waals surface area contributed by atoms with Crippen LogP contribution in [0.15, 0.2) is 84.4 Å². The molecule has 3 fully saturated rings. The van der Waals surface area contributed by atoms with Crippen molar-refractivity contribution in [2.24, 2.45) is 29.1 Å². The minimum Gasteiger partial charge on any atom is -0.505 e. The highest BCUT2D eigenvalue weighted by Gasteiger charge is 2.68. The Balaban J connectivity index is 1.37. The quantitative estimate of drug-likeness (QED) is 0.240. The van der Waals surface area contributed by atoms with Crippen LogP contribution in [-0.4, -0.2) is 45.9 Å². The van der Waals surface area contributed by atoms with Crippen LogP contribution in [-0.2, 0) is 19.2 Å². The first kappa shape index (κ1) is 28.2. The predicted molar refractivity (Wildman–Crippen MR) is 158 cm³/mol. The van der Waals surface area contributed by atoms with Gasteiger partial charge in [0.2, 0.25) is 23.6 Å². The number of phenols is 1. The number of hydrogen-bond donors (Lipinski definition) is 3. The van der Waals surface area contributed by atoms with Crippen molar-refractivity contribution >= 4 is 47.6 Å². The maximum atomic E-state index is 14.8. The standard InChI is InChI=1S/C33H28BFN2O7/c1-33-24(30(40)37(32(33)42)18-8-3-2-4-9-18)16-23-20(27(33)22-11-6-12-25(35)28(22)38)13-14-21-26(23)31(41)36(29(21)39)19-10-5-7-17(15-19)34(43)44/h2-13,15,21,23-24,26-27,38,43-44H,14,16H2,1H3/t21-,23+,24-,26-,27+,33+/m0/s1. The number of allylic oxidation sites excluding steroid dienone is 2. The van der Waals surface area contributed by atoms with E-state index >= 15 is 0 Å². The zero-order valence-corrected chi connectivity index (χ0v) is 23.6. The number of fused-ring (bicyclic) bond motifs is 4. The molecule has 1 saturated carbocycles. The van der Waals surface area contributed by atoms with Crippen LogP contribution in [0.25, 0.3) is 0 Å². The van der Waals surface area contributed by atoms with Gasteiger partial charge in [-0.2, -0.15) is 0 Å². The highest BCUT2D eigenvalue weighted by Crippen LogP contribution is 2.64. The number of rotatable bonds is 4. The molecule has 3 aromatic rings. The number of imide groups is 2. The van der Waals surface area contributed by atoms with Crippen LogP contribution in [0.4, 0.5) is 15.8 Å². The number of phenolic OH excluding ortho intramolecular Hbond substituents is 1. The second-order valence-corrected chi connectivity index (χ2v) is 12.2. The molecule has 222 valence electrons. The van der Waals surface area contributed by atoms with E-state index in [1.165, 1.54) is 36.4 Å². The summed E-state index contributed by atoms with van der Waals surface area (Å²) < 4.78 is 14.8. The van der Waals surface area contributed by atoms with Crippen molar-refractivity contribution in [1.82, 2.24) is 0 Å². The molecule has 0 radical (unpaired) electrons. The molecule has 2 aliphatic carbocycles. The lowest BCUT2D eigenvalue weighted by Gasteiger charge is -2.49. The van der Waals surface area contributed by atoms with Crippen molar-refractivity contribution in [3.8, 4) is 5.75 Å². The highest BCUT2D eigenvalue weighted by atomic mass is 19.1. The Kier molecular flexibility index (Phi) is 6.38. The van der Waals surface area contributed by atoms with Crippen LogP contribution < -0.4 is 15.3 Å². The number of amides is 4. The maximum Gasteiger partial charge on any atom is 0.488 e. The Morgan fingerprint density at radius 2 is 1.55 bits per heavy atom. The first-order valence-corrected chi connectivity index (χ1v) is 14.5. The molecule has 0 unspecified atom stereocenters. The predicted octanol–water partition coefficient (Wildman–Crippen LogP) is 2.65. The van der Waals surface area contributed by atoms with Crippen LogP contribution in [0.2, 0.25) is 0 Å². The van der Waals surface area contributed by atoms with Gasteiger partial charge >= 0.3 is 7.12 Å². The molecule has 11 heteroatoms. The van der Waals surface area contributed by atoms with E-state index in [0.717, 1.165) is 15.9 Å². The van der Waals surface area contributed by atoms with E-state index < -0.39 is 77.3 Å². The van der Waals surface area contributed by atoms with E-state index in [1.807, 2.05) is 6.08 Å². The van der Waals surface area contributed by atoms with Gasteiger partial charge in [-0.05, 0) is 61.5 Å². The summed E-state index contributed by atoms with van der Waals surface area (Å²) in [6.07, 6.45) is 2.08. The summed E-state index contributed by atoms with van der Waals surface area (Å²) in [5.41, 5.74) is 0.0431. The molecule has 0 aromatic heterocycles. The van der Waals surface area contributed by atoms with Crippen molar-refractivity contribution in [3.63, 3.8) is 0 Å². The monoisotopic (exact) mass is 594 g/mol. The molecule has 4 aliphatic rings. The summed E-state index contributed by atoms with van der Waals surface area (Å²) in [7, 11) is -1.80. The van der Waals surface area contributed by atoms with Gasteiger partial charge in [0.1, 0.15) is 0 Å². The average Bonchev–Trinajstić information content (AvgIpc) is 3.38. The normalized spacial score (nSPS) is 29.4. The number of halogens is 1. The van der Waals surface area contributed by atoms with Crippen molar-refractivity contribution < 1.29 is 38.7 Å². The number of benzene rings is 3. The second kappa shape index (κ2) is 9.97. The molecule has 44 heavy (non-hydrogen) atoms. The zero-order valence-electron chi connectivity index (χ0n) is 23.6. The van der Waals surface area contributed by atoms with Crippen LogP contribution in [0.5, 0.6) is 5.75 Å². The molecular formula is C33H28BFN2O7. The fourth-order valence-corrected chi connectivity index (χ4v) is 8.03. The largest absolute Gasteiger partial charge is 0.505 e. The van der Waals surface area contributed by atoms with Gasteiger partial charge in [-0.25, -0.2) is 9.29 Å². The smallest absolute Gasteiger partial charge is 0.488 e. The Morgan fingerprint density at radius 3 is 2.27 bits per heavy atom. The summed E-state index contributed by atoms with van der Waals surface area (Å²) in [6.45, 7) is 1.67. The number of hydrogen-bond acceptors (Lipinski definition) is 7. The summed E-state index contributed by atoms with van der Waals surface area (Å²) >= 11 is 0. The summed E-state index contributed by atoms with van der Waals surface area (Å²) in [5.74, 6) is -7.53. The van der Waals surface area contributed by atoms with E-state index in [4.69, 9.17) is 0 Å². The van der Waals surface area contributed by atoms with E-state index in [2.05, 4.69) is 0 Å². The van der Waals surface area contributed by atoms with E-state index in [1.54, 1.807) is 37.3 Å². The molecule has 0 bridgehead atoms. The average molecular weight is 594 g/mol. The first-order chi connectivity index (χ1) is 21.1. The van der Waals surface area contributed by atoms with E-state index in [-0.39, 0.29) is 29.6 Å². The molecule has 4 amide bonds. The van der Waals surface area contributed by atoms with Gasteiger partial charge < -0.3 is 15.2 Å². The van der Waals surface area contributed by atoms with Crippen molar-refractivity contribution in [2.45, 2.75) is 25.7 Å². The lowest BCUT2D eigenvalue weighted by atomic mass is 9.51. The molecule has 0 spiro atoms. The molecule has 3 aromatic carbocycles. The van der Waals surface area contributed by atoms with Crippen LogP contribution in [0, 0.1) is 34.9 Å². The van der Waals surface area contributed by atoms with E-state index in [9.17, 15) is 38.7 Å². The van der Waals surface area contributed by atoms with Crippen LogP contribution >= 0.6 is 0 Å². The van der Waals surface area contributed by atoms with Crippen LogP contribution in [0.1, 0.15) is 31.2 Å². The molecule has 9 nitrogen and oxygen atoms in total. The minimum absolute atomic E-state index is 0.103. The van der Waals surface area contributed by atoms with Gasteiger partial charge in [0, 0.05) is 11.5 Å². The van der Waals surface area contributed by atoms with Gasteiger partial charge in [-0.3, -0.25) is 24.1 Å². The van der Waals surface area contributed by atoms with Gasteiger partial charge in [-0.1, -0.05) is 54.1 Å². The molecule has 3 N–H and O–H groups in total. The third kappa shape index (κ3) is 3.79. The third-order valence-electron chi connectivity index (χ3n) is 10.0. The highest BCUT2D eigenvalue weighted by molar-refractivity contribution is 6.58. The van der Waals surface area contributed by atoms with Crippen molar-refractivity contribution in [1.29, 1.82) is 0 Å². The van der Waals surface area contributed by atoms with Crippen LogP contribution in [0.3, 0.4) is 0 Å². The zero-order chi connectivity index (χ0) is 31.1. The summed E-state index contributed by atoms with van der Waals surface area (Å²) in [5, 5.41) is 30.3. The molecule has 7 rings (SSSR count). The Hall–Kier alpha value is -4.61.